The predicted octanol–water partition coefficient (Wildman–Crippen LogP) is 3.26. The van der Waals surface area contributed by atoms with Crippen LogP contribution in [0.15, 0.2) is 16.7 Å². The van der Waals surface area contributed by atoms with Crippen molar-refractivity contribution in [3.63, 3.8) is 0 Å². The maximum atomic E-state index is 13.4. The van der Waals surface area contributed by atoms with Gasteiger partial charge >= 0.3 is 0 Å². The molecule has 0 aliphatic heterocycles. The van der Waals surface area contributed by atoms with Gasteiger partial charge in [0.2, 0.25) is 0 Å². The van der Waals surface area contributed by atoms with E-state index in [9.17, 15) is 4.39 Å². The Morgan fingerprint density at radius 1 is 1.47 bits per heavy atom. The van der Waals surface area contributed by atoms with Crippen molar-refractivity contribution in [3.05, 3.63) is 28.2 Å². The van der Waals surface area contributed by atoms with Crippen LogP contribution in [0.1, 0.15) is 32.4 Å². The molecule has 0 bridgehead atoms. The van der Waals surface area contributed by atoms with Gasteiger partial charge in [0.15, 0.2) is 0 Å². The molecule has 4 heteroatoms. The molecule has 0 saturated heterocycles. The number of nitrogens with zero attached hydrogens (tertiary/aromatic N) is 1. The monoisotopic (exact) mass is 274 g/mol. The highest BCUT2D eigenvalue weighted by atomic mass is 79.9. The lowest BCUT2D eigenvalue weighted by atomic mass is 10.1. The molecule has 1 N–H and O–H groups in total. The Morgan fingerprint density at radius 3 is 2.67 bits per heavy atom. The predicted molar refractivity (Wildman–Crippen MR) is 63.1 cm³/mol. The zero-order chi connectivity index (χ0) is 11.3. The van der Waals surface area contributed by atoms with Gasteiger partial charge in [-0.05, 0) is 34.8 Å². The van der Waals surface area contributed by atoms with Crippen LogP contribution in [0.3, 0.4) is 0 Å². The second kappa shape index (κ2) is 6.18. The fourth-order valence-electron chi connectivity index (χ4n) is 1.39. The van der Waals surface area contributed by atoms with Gasteiger partial charge in [-0.25, -0.2) is 4.39 Å². The second-order valence-corrected chi connectivity index (χ2v) is 4.39. The topological polar surface area (TPSA) is 24.9 Å². The molecule has 2 nitrogen and oxygen atoms in total. The lowest BCUT2D eigenvalue weighted by molar-refractivity contribution is 0.469. The molecule has 15 heavy (non-hydrogen) atoms. The zero-order valence-corrected chi connectivity index (χ0v) is 10.6. The second-order valence-electron chi connectivity index (χ2n) is 3.48. The lowest BCUT2D eigenvalue weighted by Crippen LogP contribution is -2.27. The van der Waals surface area contributed by atoms with E-state index in [4.69, 9.17) is 0 Å². The van der Waals surface area contributed by atoms with Gasteiger partial charge in [-0.15, -0.1) is 0 Å². The summed E-state index contributed by atoms with van der Waals surface area (Å²) in [5.41, 5.74) is 0.477. The Hall–Kier alpha value is -0.480. The van der Waals surface area contributed by atoms with Crippen LogP contribution in [0.25, 0.3) is 0 Å². The van der Waals surface area contributed by atoms with Gasteiger partial charge in [0, 0.05) is 23.3 Å². The summed E-state index contributed by atoms with van der Waals surface area (Å²) in [6.45, 7) is 4.73. The van der Waals surface area contributed by atoms with Gasteiger partial charge in [-0.2, -0.15) is 0 Å². The molecule has 84 valence electrons. The molecule has 1 aromatic heterocycles. The van der Waals surface area contributed by atoms with E-state index in [1.165, 1.54) is 6.07 Å². The van der Waals surface area contributed by atoms with Crippen molar-refractivity contribution in [2.45, 2.75) is 39.3 Å². The fourth-order valence-corrected chi connectivity index (χ4v) is 1.69. The fraction of sp³-hybridized carbons (Fsp3) is 0.545. The van der Waals surface area contributed by atoms with E-state index in [2.05, 4.69) is 40.1 Å². The van der Waals surface area contributed by atoms with Crippen molar-refractivity contribution < 1.29 is 4.39 Å². The van der Waals surface area contributed by atoms with E-state index in [0.717, 1.165) is 12.8 Å². The van der Waals surface area contributed by atoms with Crippen molar-refractivity contribution in [2.24, 2.45) is 0 Å². The van der Waals surface area contributed by atoms with Gasteiger partial charge in [-0.1, -0.05) is 13.8 Å². The van der Waals surface area contributed by atoms with Crippen molar-refractivity contribution in [2.75, 3.05) is 0 Å². The minimum Gasteiger partial charge on any atom is -0.308 e. The van der Waals surface area contributed by atoms with Crippen LogP contribution in [0.2, 0.25) is 0 Å². The number of halogens is 2. The first kappa shape index (κ1) is 12.6. The molecular weight excluding hydrogens is 259 g/mol. The molecule has 0 fully saturated rings. The molecule has 0 unspecified atom stereocenters. The summed E-state index contributed by atoms with van der Waals surface area (Å²) < 4.78 is 14.0. The van der Waals surface area contributed by atoms with Crippen molar-refractivity contribution in [1.29, 1.82) is 0 Å². The Balaban J connectivity index is 2.57. The van der Waals surface area contributed by atoms with Gasteiger partial charge in [0.05, 0.1) is 5.69 Å². The van der Waals surface area contributed by atoms with Gasteiger partial charge in [-0.3, -0.25) is 4.98 Å². The number of nitrogens with one attached hydrogen (secondary N) is 1. The molecule has 0 spiro atoms. The summed E-state index contributed by atoms with van der Waals surface area (Å²) in [4.78, 5) is 4.03. The van der Waals surface area contributed by atoms with Crippen LogP contribution in [-0.4, -0.2) is 11.0 Å². The summed E-state index contributed by atoms with van der Waals surface area (Å²) in [5, 5.41) is 3.28. The third kappa shape index (κ3) is 3.87. The van der Waals surface area contributed by atoms with Crippen molar-refractivity contribution >= 4 is 15.9 Å². The number of pyridine rings is 1. The minimum atomic E-state index is -0.261. The molecular formula is C11H16BrFN2. The summed E-state index contributed by atoms with van der Waals surface area (Å²) in [6.07, 6.45) is 3.72. The molecule has 1 aromatic rings. The molecule has 0 saturated carbocycles. The smallest absolute Gasteiger partial charge is 0.147 e. The average molecular weight is 275 g/mol. The molecule has 0 aliphatic rings. The molecule has 0 atom stereocenters. The van der Waals surface area contributed by atoms with Crippen LogP contribution in [0.4, 0.5) is 4.39 Å². The Kier molecular flexibility index (Phi) is 5.19. The van der Waals surface area contributed by atoms with Crippen LogP contribution in [0, 0.1) is 5.82 Å². The average Bonchev–Trinajstić information content (AvgIpc) is 2.22. The summed E-state index contributed by atoms with van der Waals surface area (Å²) in [7, 11) is 0. The third-order valence-corrected chi connectivity index (χ3v) is 2.86. The standard InChI is InChI=1S/C11H16BrFN2/c1-3-9(4-2)14-7-11-10(13)5-8(12)6-15-11/h5-6,9,14H,3-4,7H2,1-2H3. The first-order valence-electron chi connectivity index (χ1n) is 5.20. The van der Waals surface area contributed by atoms with Crippen LogP contribution in [0.5, 0.6) is 0 Å². The number of hydrogen-bond acceptors (Lipinski definition) is 2. The maximum Gasteiger partial charge on any atom is 0.147 e. The number of aromatic nitrogens is 1. The zero-order valence-electron chi connectivity index (χ0n) is 9.06. The molecule has 1 rings (SSSR count). The number of hydrogen-bond donors (Lipinski definition) is 1. The van der Waals surface area contributed by atoms with Crippen LogP contribution >= 0.6 is 15.9 Å². The minimum absolute atomic E-state index is 0.261. The van der Waals surface area contributed by atoms with E-state index in [0.29, 0.717) is 22.8 Å². The lowest BCUT2D eigenvalue weighted by Gasteiger charge is -2.14. The van der Waals surface area contributed by atoms with Crippen LogP contribution < -0.4 is 5.32 Å². The highest BCUT2D eigenvalue weighted by molar-refractivity contribution is 9.10. The molecule has 0 amide bonds. The molecule has 1 heterocycles. The quantitative estimate of drug-likeness (QED) is 0.892. The Labute approximate surface area is 98.4 Å². The normalized spacial score (nSPS) is 11.0. The van der Waals surface area contributed by atoms with Crippen molar-refractivity contribution in [3.8, 4) is 0 Å². The van der Waals surface area contributed by atoms with Gasteiger partial charge in [0.25, 0.3) is 0 Å². The van der Waals surface area contributed by atoms with E-state index in [-0.39, 0.29) is 5.82 Å². The highest BCUT2D eigenvalue weighted by Gasteiger charge is 2.07. The summed E-state index contributed by atoms with van der Waals surface area (Å²) in [5.74, 6) is -0.261. The summed E-state index contributed by atoms with van der Waals surface area (Å²) >= 11 is 3.18. The Morgan fingerprint density at radius 2 is 2.13 bits per heavy atom. The largest absolute Gasteiger partial charge is 0.308 e. The van der Waals surface area contributed by atoms with E-state index in [1.807, 2.05) is 0 Å². The van der Waals surface area contributed by atoms with Crippen LogP contribution in [-0.2, 0) is 6.54 Å². The van der Waals surface area contributed by atoms with E-state index in [1.54, 1.807) is 6.20 Å². The van der Waals surface area contributed by atoms with Crippen molar-refractivity contribution in [1.82, 2.24) is 10.3 Å². The first-order valence-corrected chi connectivity index (χ1v) is 6.00. The molecule has 0 aromatic carbocycles. The first-order chi connectivity index (χ1) is 7.17. The Bertz CT molecular complexity index is 313. The SMILES string of the molecule is CCC(CC)NCc1ncc(Br)cc1F. The molecule has 0 aliphatic carbocycles. The van der Waals surface area contributed by atoms with Gasteiger partial charge in [0.1, 0.15) is 5.82 Å². The van der Waals surface area contributed by atoms with E-state index < -0.39 is 0 Å². The van der Waals surface area contributed by atoms with Gasteiger partial charge < -0.3 is 5.32 Å². The number of rotatable bonds is 5. The van der Waals surface area contributed by atoms with E-state index >= 15 is 0 Å². The highest BCUT2D eigenvalue weighted by Crippen LogP contribution is 2.12. The third-order valence-electron chi connectivity index (χ3n) is 2.43. The molecule has 0 radical (unpaired) electrons. The summed E-state index contributed by atoms with van der Waals surface area (Å²) in [6, 6.07) is 1.88. The maximum absolute atomic E-state index is 13.4.